The van der Waals surface area contributed by atoms with E-state index in [4.69, 9.17) is 23.2 Å². The third-order valence-electron chi connectivity index (χ3n) is 4.35. The van der Waals surface area contributed by atoms with E-state index in [1.54, 1.807) is 12.3 Å². The maximum Gasteiger partial charge on any atom is 0.288 e. The normalized spacial score (nSPS) is 15.5. The maximum atomic E-state index is 10.9. The summed E-state index contributed by atoms with van der Waals surface area (Å²) >= 11 is 11.7. The van der Waals surface area contributed by atoms with Crippen molar-refractivity contribution in [3.63, 3.8) is 0 Å². The Labute approximate surface area is 161 Å². The zero-order valence-corrected chi connectivity index (χ0v) is 15.6. The lowest BCUT2D eigenvalue weighted by molar-refractivity contribution is -0.918. The molecule has 0 unspecified atom stereocenters. The van der Waals surface area contributed by atoms with Gasteiger partial charge in [-0.1, -0.05) is 41.4 Å². The van der Waals surface area contributed by atoms with Crippen LogP contribution in [-0.2, 0) is 6.54 Å². The van der Waals surface area contributed by atoms with Crippen molar-refractivity contribution in [1.82, 2.24) is 5.01 Å². The molecular weight excluding hydrogens is 375 g/mol. The average molecular weight is 394 g/mol. The highest BCUT2D eigenvalue weighted by atomic mass is 35.5. The lowest BCUT2D eigenvalue weighted by Crippen LogP contribution is -3.13. The first-order chi connectivity index (χ1) is 12.5. The van der Waals surface area contributed by atoms with Crippen LogP contribution < -0.4 is 4.90 Å². The number of hydrazone groups is 1. The molecule has 0 aliphatic carbocycles. The smallest absolute Gasteiger partial charge is 0.288 e. The summed E-state index contributed by atoms with van der Waals surface area (Å²) in [5, 5.41) is 18.3. The molecule has 0 saturated carbocycles. The Hall–Kier alpha value is -2.15. The van der Waals surface area contributed by atoms with Crippen LogP contribution in [0.4, 0.5) is 5.69 Å². The van der Waals surface area contributed by atoms with Crippen molar-refractivity contribution in [3.05, 3.63) is 73.8 Å². The highest BCUT2D eigenvalue weighted by molar-refractivity contribution is 6.32. The van der Waals surface area contributed by atoms with E-state index in [9.17, 15) is 10.1 Å². The Morgan fingerprint density at radius 2 is 1.85 bits per heavy atom. The molecule has 1 aliphatic heterocycles. The molecule has 0 aromatic heterocycles. The predicted octanol–water partition coefficient (Wildman–Crippen LogP) is 2.64. The van der Waals surface area contributed by atoms with E-state index in [-0.39, 0.29) is 10.7 Å². The Morgan fingerprint density at radius 3 is 2.50 bits per heavy atom. The molecule has 1 heterocycles. The number of nitro benzene ring substituents is 1. The zero-order valence-electron chi connectivity index (χ0n) is 14.1. The van der Waals surface area contributed by atoms with Gasteiger partial charge in [0, 0.05) is 22.2 Å². The number of quaternary nitrogens is 1. The molecule has 1 N–H and O–H groups in total. The molecule has 0 atom stereocenters. The minimum Gasteiger partial charge on any atom is -0.328 e. The molecule has 0 amide bonds. The molecular formula is C18H19Cl2N4O2+. The summed E-state index contributed by atoms with van der Waals surface area (Å²) in [6, 6.07) is 12.6. The number of benzene rings is 2. The van der Waals surface area contributed by atoms with Crippen molar-refractivity contribution in [2.24, 2.45) is 5.10 Å². The minimum atomic E-state index is -0.488. The van der Waals surface area contributed by atoms with Crippen LogP contribution in [0.3, 0.4) is 0 Å². The van der Waals surface area contributed by atoms with Crippen LogP contribution in [0.2, 0.25) is 10.0 Å². The summed E-state index contributed by atoms with van der Waals surface area (Å²) in [6.07, 6.45) is 1.65. The molecule has 2 aromatic rings. The predicted molar refractivity (Wildman–Crippen MR) is 103 cm³/mol. The van der Waals surface area contributed by atoms with Gasteiger partial charge in [0.05, 0.1) is 37.3 Å². The standard InChI is InChI=1S/C18H18Cl2N4O2/c19-16-4-1-14(2-5-16)13-22-7-9-23(10-8-22)21-12-15-3-6-17(20)18(11-15)24(25)26/h1-6,11-12H,7-10,13H2/p+1/b21-12-. The summed E-state index contributed by atoms with van der Waals surface area (Å²) < 4.78 is 0. The van der Waals surface area contributed by atoms with Crippen molar-refractivity contribution in [2.45, 2.75) is 6.54 Å². The quantitative estimate of drug-likeness (QED) is 0.482. The number of nitrogens with zero attached hydrogens (tertiary/aromatic N) is 3. The molecule has 0 bridgehead atoms. The summed E-state index contributed by atoms with van der Waals surface area (Å²) in [5.41, 5.74) is 1.83. The molecule has 1 fully saturated rings. The molecule has 8 heteroatoms. The van der Waals surface area contributed by atoms with Gasteiger partial charge in [0.25, 0.3) is 5.69 Å². The van der Waals surface area contributed by atoms with Crippen LogP contribution >= 0.6 is 23.2 Å². The Balaban J connectivity index is 1.53. The number of nitrogens with one attached hydrogen (secondary N) is 1. The largest absolute Gasteiger partial charge is 0.328 e. The Bertz CT molecular complexity index is 803. The van der Waals surface area contributed by atoms with E-state index in [0.717, 1.165) is 37.7 Å². The average Bonchev–Trinajstić information content (AvgIpc) is 2.64. The number of nitro groups is 1. The van der Waals surface area contributed by atoms with Gasteiger partial charge in [-0.15, -0.1) is 0 Å². The summed E-state index contributed by atoms with van der Waals surface area (Å²) in [7, 11) is 0. The zero-order chi connectivity index (χ0) is 18.5. The second-order valence-corrected chi connectivity index (χ2v) is 7.06. The van der Waals surface area contributed by atoms with E-state index in [1.165, 1.54) is 22.6 Å². The van der Waals surface area contributed by atoms with Crippen molar-refractivity contribution in [3.8, 4) is 0 Å². The number of hydrogen-bond acceptors (Lipinski definition) is 4. The second-order valence-electron chi connectivity index (χ2n) is 6.22. The molecule has 1 saturated heterocycles. The highest BCUT2D eigenvalue weighted by Gasteiger charge is 2.19. The van der Waals surface area contributed by atoms with E-state index in [1.807, 2.05) is 17.1 Å². The first kappa shape index (κ1) is 18.6. The summed E-state index contributed by atoms with van der Waals surface area (Å²) in [4.78, 5) is 12.0. The van der Waals surface area contributed by atoms with Gasteiger partial charge in [-0.3, -0.25) is 15.1 Å². The van der Waals surface area contributed by atoms with Gasteiger partial charge in [-0.25, -0.2) is 0 Å². The monoisotopic (exact) mass is 393 g/mol. The van der Waals surface area contributed by atoms with Gasteiger partial charge in [0.15, 0.2) is 0 Å². The number of halogens is 2. The molecule has 136 valence electrons. The van der Waals surface area contributed by atoms with Crippen molar-refractivity contribution >= 4 is 35.1 Å². The minimum absolute atomic E-state index is 0.104. The van der Waals surface area contributed by atoms with Gasteiger partial charge in [-0.2, -0.15) is 5.10 Å². The Kier molecular flexibility index (Phi) is 6.08. The third-order valence-corrected chi connectivity index (χ3v) is 4.92. The van der Waals surface area contributed by atoms with E-state index in [2.05, 4.69) is 17.2 Å². The number of rotatable bonds is 5. The second kappa shape index (κ2) is 8.49. The molecule has 1 aliphatic rings. The SMILES string of the molecule is O=[N+]([O-])c1cc(/C=N\N2CC[NH+](Cc3ccc(Cl)cc3)CC2)ccc1Cl. The van der Waals surface area contributed by atoms with Crippen LogP contribution in [0.25, 0.3) is 0 Å². The Morgan fingerprint density at radius 1 is 1.15 bits per heavy atom. The fraction of sp³-hybridized carbons (Fsp3) is 0.278. The van der Waals surface area contributed by atoms with Crippen LogP contribution in [-0.4, -0.2) is 42.3 Å². The summed E-state index contributed by atoms with van der Waals surface area (Å²) in [5.74, 6) is 0. The van der Waals surface area contributed by atoms with E-state index in [0.29, 0.717) is 5.56 Å². The summed E-state index contributed by atoms with van der Waals surface area (Å²) in [6.45, 7) is 4.63. The van der Waals surface area contributed by atoms with Gasteiger partial charge in [0.1, 0.15) is 11.6 Å². The first-order valence-corrected chi connectivity index (χ1v) is 9.08. The van der Waals surface area contributed by atoms with Crippen LogP contribution in [0.15, 0.2) is 47.6 Å². The molecule has 0 spiro atoms. The van der Waals surface area contributed by atoms with Crippen LogP contribution in [0, 0.1) is 10.1 Å². The lowest BCUT2D eigenvalue weighted by Gasteiger charge is -2.30. The lowest BCUT2D eigenvalue weighted by atomic mass is 10.2. The van der Waals surface area contributed by atoms with Crippen LogP contribution in [0.5, 0.6) is 0 Å². The topological polar surface area (TPSA) is 63.2 Å². The molecule has 26 heavy (non-hydrogen) atoms. The van der Waals surface area contributed by atoms with Gasteiger partial charge < -0.3 is 4.90 Å². The number of piperazine rings is 1. The first-order valence-electron chi connectivity index (χ1n) is 8.32. The fourth-order valence-electron chi connectivity index (χ4n) is 2.89. The fourth-order valence-corrected chi connectivity index (χ4v) is 3.21. The molecule has 3 rings (SSSR count). The van der Waals surface area contributed by atoms with E-state index < -0.39 is 4.92 Å². The van der Waals surface area contributed by atoms with Crippen molar-refractivity contribution in [2.75, 3.05) is 26.2 Å². The molecule has 6 nitrogen and oxygen atoms in total. The number of hydrogen-bond donors (Lipinski definition) is 1. The third kappa shape index (κ3) is 4.94. The molecule has 2 aromatic carbocycles. The van der Waals surface area contributed by atoms with Crippen LogP contribution in [0.1, 0.15) is 11.1 Å². The van der Waals surface area contributed by atoms with E-state index >= 15 is 0 Å². The van der Waals surface area contributed by atoms with Gasteiger partial charge in [0.2, 0.25) is 0 Å². The van der Waals surface area contributed by atoms with Gasteiger partial charge >= 0.3 is 0 Å². The van der Waals surface area contributed by atoms with Gasteiger partial charge in [-0.05, 0) is 18.2 Å². The van der Waals surface area contributed by atoms with Crippen molar-refractivity contribution < 1.29 is 9.82 Å². The van der Waals surface area contributed by atoms with Crippen molar-refractivity contribution in [1.29, 1.82) is 0 Å². The maximum absolute atomic E-state index is 10.9. The molecule has 0 radical (unpaired) electrons. The highest BCUT2D eigenvalue weighted by Crippen LogP contribution is 2.24.